The van der Waals surface area contributed by atoms with E-state index in [1.54, 1.807) is 12.1 Å². The van der Waals surface area contributed by atoms with Crippen LogP contribution in [0.3, 0.4) is 0 Å². The van der Waals surface area contributed by atoms with E-state index >= 15 is 0 Å². The molecule has 1 fully saturated rings. The van der Waals surface area contributed by atoms with Gasteiger partial charge in [0.2, 0.25) is 11.8 Å². The lowest BCUT2D eigenvalue weighted by atomic mass is 9.83. The second kappa shape index (κ2) is 6.39. The number of hydrogen-bond donors (Lipinski definition) is 0. The van der Waals surface area contributed by atoms with Crippen LogP contribution in [0.2, 0.25) is 0 Å². The van der Waals surface area contributed by atoms with E-state index in [4.69, 9.17) is 0 Å². The van der Waals surface area contributed by atoms with E-state index in [0.717, 1.165) is 25.9 Å². The van der Waals surface area contributed by atoms with Crippen LogP contribution in [0.4, 0.5) is 5.69 Å². The third-order valence-corrected chi connectivity index (χ3v) is 4.15. The summed E-state index contributed by atoms with van der Waals surface area (Å²) in [5, 5.41) is 0. The molecule has 0 aliphatic carbocycles. The first kappa shape index (κ1) is 15.7. The molecule has 0 spiro atoms. The summed E-state index contributed by atoms with van der Waals surface area (Å²) in [5.41, 5.74) is 1.01. The molecule has 0 unspecified atom stereocenters. The minimum absolute atomic E-state index is 0.145. The standard InChI is InChI=1S/C17H24N2O2/c1-14(20)19(15-7-5-4-6-8-15)16(21)13-18-11-9-17(2,3)10-12-18/h4-8H,9-13H2,1-3H3. The lowest BCUT2D eigenvalue weighted by Gasteiger charge is -2.37. The summed E-state index contributed by atoms with van der Waals surface area (Å²) >= 11 is 0. The fourth-order valence-electron chi connectivity index (χ4n) is 2.66. The van der Waals surface area contributed by atoms with E-state index in [-0.39, 0.29) is 11.8 Å². The summed E-state index contributed by atoms with van der Waals surface area (Å²) < 4.78 is 0. The van der Waals surface area contributed by atoms with Crippen molar-refractivity contribution in [1.29, 1.82) is 0 Å². The average Bonchev–Trinajstić information content (AvgIpc) is 2.42. The first-order valence-electron chi connectivity index (χ1n) is 7.50. The average molecular weight is 288 g/mol. The predicted octanol–water partition coefficient (Wildman–Crippen LogP) is 2.69. The third-order valence-electron chi connectivity index (χ3n) is 4.15. The molecule has 21 heavy (non-hydrogen) atoms. The molecular weight excluding hydrogens is 264 g/mol. The lowest BCUT2D eigenvalue weighted by Crippen LogP contribution is -2.46. The molecule has 1 aromatic rings. The van der Waals surface area contributed by atoms with Crippen LogP contribution in [0.15, 0.2) is 30.3 Å². The van der Waals surface area contributed by atoms with Crippen LogP contribution in [0, 0.1) is 5.41 Å². The lowest BCUT2D eigenvalue weighted by molar-refractivity contribution is -0.126. The second-order valence-electron chi connectivity index (χ2n) is 6.52. The highest BCUT2D eigenvalue weighted by Gasteiger charge is 2.28. The van der Waals surface area contributed by atoms with Crippen molar-refractivity contribution in [1.82, 2.24) is 4.90 Å². The molecule has 1 aliphatic rings. The van der Waals surface area contributed by atoms with Gasteiger partial charge in [0, 0.05) is 6.92 Å². The molecule has 114 valence electrons. The van der Waals surface area contributed by atoms with Crippen LogP contribution >= 0.6 is 0 Å². The van der Waals surface area contributed by atoms with Gasteiger partial charge in [-0.15, -0.1) is 0 Å². The largest absolute Gasteiger partial charge is 0.294 e. The number of benzene rings is 1. The molecule has 2 rings (SSSR count). The molecule has 4 heteroatoms. The van der Waals surface area contributed by atoms with Gasteiger partial charge in [-0.3, -0.25) is 14.5 Å². The molecule has 1 heterocycles. The smallest absolute Gasteiger partial charge is 0.247 e. The van der Waals surface area contributed by atoms with Crippen molar-refractivity contribution in [3.63, 3.8) is 0 Å². The van der Waals surface area contributed by atoms with E-state index < -0.39 is 0 Å². The fourth-order valence-corrected chi connectivity index (χ4v) is 2.66. The maximum atomic E-state index is 12.5. The zero-order valence-electron chi connectivity index (χ0n) is 13.1. The number of amides is 2. The SMILES string of the molecule is CC(=O)N(C(=O)CN1CCC(C)(C)CC1)c1ccccc1. The third kappa shape index (κ3) is 4.14. The van der Waals surface area contributed by atoms with Gasteiger partial charge in [-0.05, 0) is 43.5 Å². The van der Waals surface area contributed by atoms with Crippen molar-refractivity contribution < 1.29 is 9.59 Å². The molecule has 1 aliphatic heterocycles. The minimum atomic E-state index is -0.233. The number of hydrogen-bond acceptors (Lipinski definition) is 3. The Labute approximate surface area is 126 Å². The maximum absolute atomic E-state index is 12.5. The van der Waals surface area contributed by atoms with Gasteiger partial charge in [-0.25, -0.2) is 4.90 Å². The molecule has 0 bridgehead atoms. The molecule has 1 aromatic carbocycles. The monoisotopic (exact) mass is 288 g/mol. The van der Waals surface area contributed by atoms with Gasteiger partial charge >= 0.3 is 0 Å². The van der Waals surface area contributed by atoms with Crippen LogP contribution < -0.4 is 4.90 Å². The van der Waals surface area contributed by atoms with Gasteiger partial charge in [-0.1, -0.05) is 32.0 Å². The Hall–Kier alpha value is -1.68. The highest BCUT2D eigenvalue weighted by atomic mass is 16.2. The zero-order chi connectivity index (χ0) is 15.5. The van der Waals surface area contributed by atoms with Crippen molar-refractivity contribution in [2.75, 3.05) is 24.5 Å². The van der Waals surface area contributed by atoms with E-state index in [1.807, 2.05) is 18.2 Å². The Bertz CT molecular complexity index is 501. The molecule has 0 radical (unpaired) electrons. The number of rotatable bonds is 3. The number of imide groups is 1. The molecule has 4 nitrogen and oxygen atoms in total. The minimum Gasteiger partial charge on any atom is -0.294 e. The second-order valence-corrected chi connectivity index (χ2v) is 6.52. The van der Waals surface area contributed by atoms with Crippen molar-refractivity contribution in [2.45, 2.75) is 33.6 Å². The number of piperidine rings is 1. The molecular formula is C17H24N2O2. The number of carbonyl (C=O) groups is 2. The summed E-state index contributed by atoms with van der Waals surface area (Å²) in [6.45, 7) is 8.10. The Kier molecular flexibility index (Phi) is 4.78. The van der Waals surface area contributed by atoms with Gasteiger partial charge in [0.15, 0.2) is 0 Å². The van der Waals surface area contributed by atoms with Crippen LogP contribution in [-0.4, -0.2) is 36.3 Å². The molecule has 2 amide bonds. The van der Waals surface area contributed by atoms with Crippen LogP contribution in [-0.2, 0) is 9.59 Å². The van der Waals surface area contributed by atoms with Crippen molar-refractivity contribution in [3.8, 4) is 0 Å². The van der Waals surface area contributed by atoms with Crippen LogP contribution in [0.1, 0.15) is 33.6 Å². The van der Waals surface area contributed by atoms with Crippen LogP contribution in [0.25, 0.3) is 0 Å². The van der Waals surface area contributed by atoms with Gasteiger partial charge in [0.25, 0.3) is 0 Å². The van der Waals surface area contributed by atoms with E-state index in [1.165, 1.54) is 11.8 Å². The fraction of sp³-hybridized carbons (Fsp3) is 0.529. The van der Waals surface area contributed by atoms with Crippen molar-refractivity contribution in [2.24, 2.45) is 5.41 Å². The van der Waals surface area contributed by atoms with Crippen molar-refractivity contribution in [3.05, 3.63) is 30.3 Å². The molecule has 1 saturated heterocycles. The summed E-state index contributed by atoms with van der Waals surface area (Å²) in [6.07, 6.45) is 2.18. The summed E-state index contributed by atoms with van der Waals surface area (Å²) in [5.74, 6) is -0.378. The first-order valence-corrected chi connectivity index (χ1v) is 7.50. The summed E-state index contributed by atoms with van der Waals surface area (Å²) in [6, 6.07) is 9.13. The summed E-state index contributed by atoms with van der Waals surface area (Å²) in [7, 11) is 0. The number of anilines is 1. The van der Waals surface area contributed by atoms with E-state index in [9.17, 15) is 9.59 Å². The van der Waals surface area contributed by atoms with Crippen molar-refractivity contribution >= 4 is 17.5 Å². The Morgan fingerprint density at radius 2 is 1.71 bits per heavy atom. The normalized spacial score (nSPS) is 18.2. The van der Waals surface area contributed by atoms with Gasteiger partial charge < -0.3 is 0 Å². The summed E-state index contributed by atoms with van der Waals surface area (Å²) in [4.78, 5) is 27.7. The maximum Gasteiger partial charge on any atom is 0.247 e. The molecule has 0 atom stereocenters. The highest BCUT2D eigenvalue weighted by molar-refractivity contribution is 6.14. The quantitative estimate of drug-likeness (QED) is 0.858. The van der Waals surface area contributed by atoms with Gasteiger partial charge in [0.05, 0.1) is 12.2 Å². The Balaban J connectivity index is 2.02. The van der Waals surface area contributed by atoms with Gasteiger partial charge in [0.1, 0.15) is 0 Å². The Morgan fingerprint density at radius 3 is 2.24 bits per heavy atom. The zero-order valence-corrected chi connectivity index (χ0v) is 13.1. The number of nitrogens with zero attached hydrogens (tertiary/aromatic N) is 2. The Morgan fingerprint density at radius 1 is 1.14 bits per heavy atom. The number of para-hydroxylation sites is 1. The predicted molar refractivity (Wildman–Crippen MR) is 84.1 cm³/mol. The van der Waals surface area contributed by atoms with Crippen LogP contribution in [0.5, 0.6) is 0 Å². The van der Waals surface area contributed by atoms with E-state index in [0.29, 0.717) is 17.6 Å². The van der Waals surface area contributed by atoms with Gasteiger partial charge in [-0.2, -0.15) is 0 Å². The molecule has 0 N–H and O–H groups in total. The molecule has 0 saturated carbocycles. The number of carbonyl (C=O) groups excluding carboxylic acids is 2. The molecule has 0 aromatic heterocycles. The van der Waals surface area contributed by atoms with E-state index in [2.05, 4.69) is 18.7 Å². The first-order chi connectivity index (χ1) is 9.89. The highest BCUT2D eigenvalue weighted by Crippen LogP contribution is 2.29. The topological polar surface area (TPSA) is 40.6 Å². The number of likely N-dealkylation sites (tertiary alicyclic amines) is 1.